The molecule has 0 aliphatic heterocycles. The summed E-state index contributed by atoms with van der Waals surface area (Å²) >= 11 is 0. The fourth-order valence-electron chi connectivity index (χ4n) is 1.74. The molecule has 6 nitrogen and oxygen atoms in total. The lowest BCUT2D eigenvalue weighted by molar-refractivity contribution is 0.0524. The molecule has 108 valence electrons. The number of rotatable bonds is 7. The van der Waals surface area contributed by atoms with Crippen LogP contribution >= 0.6 is 0 Å². The molecule has 0 bridgehead atoms. The Kier molecular flexibility index (Phi) is 5.98. The highest BCUT2D eigenvalue weighted by Crippen LogP contribution is 2.11. The number of carbonyl (C=O) groups is 1. The van der Waals surface area contributed by atoms with E-state index in [2.05, 4.69) is 14.9 Å². The van der Waals surface area contributed by atoms with E-state index in [1.807, 2.05) is 28.2 Å². The van der Waals surface area contributed by atoms with Crippen LogP contribution in [0.3, 0.4) is 0 Å². The second kappa shape index (κ2) is 7.25. The molecule has 0 saturated carbocycles. The summed E-state index contributed by atoms with van der Waals surface area (Å²) in [6.07, 6.45) is 1.58. The van der Waals surface area contributed by atoms with Crippen molar-refractivity contribution in [3.63, 3.8) is 0 Å². The van der Waals surface area contributed by atoms with Gasteiger partial charge < -0.3 is 9.64 Å². The Morgan fingerprint density at radius 1 is 1.37 bits per heavy atom. The molecule has 1 rings (SSSR count). The normalized spacial score (nSPS) is 11.3. The van der Waals surface area contributed by atoms with E-state index < -0.39 is 0 Å². The van der Waals surface area contributed by atoms with Gasteiger partial charge in [-0.2, -0.15) is 5.10 Å². The van der Waals surface area contributed by atoms with Gasteiger partial charge in [0.15, 0.2) is 0 Å². The SMILES string of the molecule is CCOC(=O)c1cnn(C)c1CN(C)CCN(C)C. The maximum atomic E-state index is 11.8. The largest absolute Gasteiger partial charge is 0.462 e. The molecule has 1 heterocycles. The van der Waals surface area contributed by atoms with Crippen LogP contribution in [0.2, 0.25) is 0 Å². The van der Waals surface area contributed by atoms with Crippen molar-refractivity contribution < 1.29 is 9.53 Å². The van der Waals surface area contributed by atoms with Crippen LogP contribution in [0.4, 0.5) is 0 Å². The van der Waals surface area contributed by atoms with Crippen molar-refractivity contribution in [3.8, 4) is 0 Å². The van der Waals surface area contributed by atoms with E-state index in [9.17, 15) is 4.79 Å². The number of aromatic nitrogens is 2. The molecule has 0 aromatic carbocycles. The average Bonchev–Trinajstić information content (AvgIpc) is 2.69. The molecule has 0 amide bonds. The minimum Gasteiger partial charge on any atom is -0.462 e. The standard InChI is InChI=1S/C13H24N4O2/c1-6-19-13(18)11-9-14-17(5)12(11)10-16(4)8-7-15(2)3/h9H,6-8,10H2,1-5H3. The second-order valence-electron chi connectivity index (χ2n) is 4.89. The maximum absolute atomic E-state index is 11.8. The zero-order valence-electron chi connectivity index (χ0n) is 12.5. The van der Waals surface area contributed by atoms with E-state index in [4.69, 9.17) is 4.74 Å². The third kappa shape index (κ3) is 4.65. The molecule has 0 N–H and O–H groups in total. The molecule has 0 fully saturated rings. The lowest BCUT2D eigenvalue weighted by atomic mass is 10.2. The minimum atomic E-state index is -0.299. The lowest BCUT2D eigenvalue weighted by Gasteiger charge is -2.19. The first-order valence-electron chi connectivity index (χ1n) is 6.47. The van der Waals surface area contributed by atoms with Gasteiger partial charge in [0.25, 0.3) is 0 Å². The fourth-order valence-corrected chi connectivity index (χ4v) is 1.74. The Morgan fingerprint density at radius 3 is 2.63 bits per heavy atom. The molecule has 1 aromatic heterocycles. The van der Waals surface area contributed by atoms with Gasteiger partial charge in [0.1, 0.15) is 5.56 Å². The summed E-state index contributed by atoms with van der Waals surface area (Å²) in [5.74, 6) is -0.299. The predicted molar refractivity (Wildman–Crippen MR) is 74.1 cm³/mol. The van der Waals surface area contributed by atoms with Gasteiger partial charge in [0.2, 0.25) is 0 Å². The lowest BCUT2D eigenvalue weighted by Crippen LogP contribution is -2.29. The van der Waals surface area contributed by atoms with Crippen LogP contribution in [0.1, 0.15) is 23.0 Å². The number of esters is 1. The van der Waals surface area contributed by atoms with Crippen molar-refractivity contribution in [2.45, 2.75) is 13.5 Å². The summed E-state index contributed by atoms with van der Waals surface area (Å²) in [6, 6.07) is 0. The Morgan fingerprint density at radius 2 is 2.05 bits per heavy atom. The van der Waals surface area contributed by atoms with Crippen molar-refractivity contribution in [1.82, 2.24) is 19.6 Å². The molecule has 6 heteroatoms. The van der Waals surface area contributed by atoms with E-state index in [1.54, 1.807) is 17.8 Å². The Bertz CT molecular complexity index is 415. The van der Waals surface area contributed by atoms with Crippen LogP contribution in [0, 0.1) is 0 Å². The van der Waals surface area contributed by atoms with Crippen LogP contribution in [0.5, 0.6) is 0 Å². The summed E-state index contributed by atoms with van der Waals surface area (Å²) in [4.78, 5) is 16.1. The van der Waals surface area contributed by atoms with Crippen LogP contribution in [-0.4, -0.2) is 66.4 Å². The monoisotopic (exact) mass is 268 g/mol. The molecule has 0 aliphatic carbocycles. The highest BCUT2D eigenvalue weighted by atomic mass is 16.5. The number of hydrogen-bond donors (Lipinski definition) is 0. The number of likely N-dealkylation sites (N-methyl/N-ethyl adjacent to an activating group) is 2. The van der Waals surface area contributed by atoms with Crippen molar-refractivity contribution >= 4 is 5.97 Å². The third-order valence-electron chi connectivity index (χ3n) is 2.91. The molecular formula is C13H24N4O2. The number of nitrogens with zero attached hydrogens (tertiary/aromatic N) is 4. The first-order valence-corrected chi connectivity index (χ1v) is 6.47. The predicted octanol–water partition coefficient (Wildman–Crippen LogP) is 0.590. The Labute approximate surface area is 114 Å². The van der Waals surface area contributed by atoms with Crippen molar-refractivity contribution in [1.29, 1.82) is 0 Å². The first-order chi connectivity index (χ1) is 8.95. The van der Waals surface area contributed by atoms with E-state index in [-0.39, 0.29) is 5.97 Å². The van der Waals surface area contributed by atoms with E-state index in [1.165, 1.54) is 0 Å². The van der Waals surface area contributed by atoms with E-state index in [0.29, 0.717) is 18.7 Å². The van der Waals surface area contributed by atoms with Gasteiger partial charge in [-0.3, -0.25) is 9.58 Å². The van der Waals surface area contributed by atoms with E-state index in [0.717, 1.165) is 18.8 Å². The van der Waals surface area contributed by atoms with Crippen LogP contribution < -0.4 is 0 Å². The van der Waals surface area contributed by atoms with E-state index >= 15 is 0 Å². The molecule has 0 saturated heterocycles. The molecule has 1 aromatic rings. The highest BCUT2D eigenvalue weighted by Gasteiger charge is 2.18. The van der Waals surface area contributed by atoms with Gasteiger partial charge in [-0.15, -0.1) is 0 Å². The number of ether oxygens (including phenoxy) is 1. The van der Waals surface area contributed by atoms with Gasteiger partial charge in [-0.1, -0.05) is 0 Å². The van der Waals surface area contributed by atoms with Gasteiger partial charge in [-0.05, 0) is 28.1 Å². The molecular weight excluding hydrogens is 244 g/mol. The summed E-state index contributed by atoms with van der Waals surface area (Å²) in [5.41, 5.74) is 1.45. The average molecular weight is 268 g/mol. The van der Waals surface area contributed by atoms with Crippen molar-refractivity contribution in [3.05, 3.63) is 17.5 Å². The molecule has 0 spiro atoms. The first kappa shape index (κ1) is 15.7. The molecule has 0 radical (unpaired) electrons. The molecule has 0 aliphatic rings. The minimum absolute atomic E-state index is 0.299. The van der Waals surface area contributed by atoms with Gasteiger partial charge >= 0.3 is 5.97 Å². The van der Waals surface area contributed by atoms with Crippen molar-refractivity contribution in [2.75, 3.05) is 40.8 Å². The fraction of sp³-hybridized carbons (Fsp3) is 0.692. The number of carbonyl (C=O) groups excluding carboxylic acids is 1. The van der Waals surface area contributed by atoms with Gasteiger partial charge in [0, 0.05) is 26.7 Å². The van der Waals surface area contributed by atoms with Crippen LogP contribution in [0.25, 0.3) is 0 Å². The zero-order chi connectivity index (χ0) is 14.4. The van der Waals surface area contributed by atoms with Gasteiger partial charge in [-0.25, -0.2) is 4.79 Å². The summed E-state index contributed by atoms with van der Waals surface area (Å²) in [7, 11) is 7.97. The van der Waals surface area contributed by atoms with Crippen molar-refractivity contribution in [2.24, 2.45) is 7.05 Å². The smallest absolute Gasteiger partial charge is 0.341 e. The summed E-state index contributed by atoms with van der Waals surface area (Å²) in [5, 5.41) is 4.15. The molecule has 0 unspecified atom stereocenters. The molecule has 0 atom stereocenters. The number of hydrogen-bond acceptors (Lipinski definition) is 5. The summed E-state index contributed by atoms with van der Waals surface area (Å²) < 4.78 is 6.78. The quantitative estimate of drug-likeness (QED) is 0.677. The Balaban J connectivity index is 2.71. The van der Waals surface area contributed by atoms with Crippen LogP contribution in [0.15, 0.2) is 6.20 Å². The van der Waals surface area contributed by atoms with Gasteiger partial charge in [0.05, 0.1) is 18.5 Å². The second-order valence-corrected chi connectivity index (χ2v) is 4.89. The highest BCUT2D eigenvalue weighted by molar-refractivity contribution is 5.90. The Hall–Kier alpha value is -1.40. The third-order valence-corrected chi connectivity index (χ3v) is 2.91. The summed E-state index contributed by atoms with van der Waals surface area (Å²) in [6.45, 7) is 4.77. The maximum Gasteiger partial charge on any atom is 0.341 e. The number of aryl methyl sites for hydroxylation is 1. The van der Waals surface area contributed by atoms with Crippen LogP contribution in [-0.2, 0) is 18.3 Å². The topological polar surface area (TPSA) is 50.6 Å². The molecule has 19 heavy (non-hydrogen) atoms. The zero-order valence-corrected chi connectivity index (χ0v) is 12.5.